The summed E-state index contributed by atoms with van der Waals surface area (Å²) in [5, 5.41) is 14.0. The highest BCUT2D eigenvalue weighted by Crippen LogP contribution is 2.51. The first-order valence-corrected chi connectivity index (χ1v) is 6.28. The van der Waals surface area contributed by atoms with Crippen molar-refractivity contribution in [2.24, 2.45) is 5.41 Å². The summed E-state index contributed by atoms with van der Waals surface area (Å²) in [6.07, 6.45) is 4.25. The lowest BCUT2D eigenvalue weighted by Gasteiger charge is -2.31. The Morgan fingerprint density at radius 1 is 1.19 bits per heavy atom. The molecule has 2 heteroatoms. The number of hydrogen-bond acceptors (Lipinski definition) is 2. The van der Waals surface area contributed by atoms with E-state index >= 15 is 0 Å². The maximum Gasteiger partial charge on any atom is 0.0852 e. The van der Waals surface area contributed by atoms with E-state index in [1.54, 1.807) is 0 Å². The van der Waals surface area contributed by atoms with Gasteiger partial charge in [0, 0.05) is 5.41 Å². The number of hydrogen-bond donors (Lipinski definition) is 2. The van der Waals surface area contributed by atoms with E-state index in [2.05, 4.69) is 23.5 Å². The molecule has 2 unspecified atom stereocenters. The molecule has 0 aromatic heterocycles. The molecule has 1 saturated heterocycles. The molecule has 16 heavy (non-hydrogen) atoms. The van der Waals surface area contributed by atoms with Gasteiger partial charge in [0.05, 0.1) is 6.10 Å². The van der Waals surface area contributed by atoms with Crippen LogP contribution in [0.4, 0.5) is 0 Å². The zero-order valence-electron chi connectivity index (χ0n) is 9.58. The summed E-state index contributed by atoms with van der Waals surface area (Å²) in [4.78, 5) is 0. The van der Waals surface area contributed by atoms with Crippen LogP contribution in [0.1, 0.15) is 36.5 Å². The van der Waals surface area contributed by atoms with Crippen molar-refractivity contribution < 1.29 is 5.11 Å². The van der Waals surface area contributed by atoms with Crippen LogP contribution in [0.25, 0.3) is 0 Å². The highest BCUT2D eigenvalue weighted by atomic mass is 16.3. The lowest BCUT2D eigenvalue weighted by atomic mass is 9.76. The molecule has 1 aliphatic carbocycles. The minimum Gasteiger partial charge on any atom is -0.388 e. The van der Waals surface area contributed by atoms with Gasteiger partial charge < -0.3 is 10.4 Å². The van der Waals surface area contributed by atoms with Crippen LogP contribution in [0.2, 0.25) is 0 Å². The van der Waals surface area contributed by atoms with Crippen LogP contribution in [-0.2, 0) is 6.42 Å². The molecule has 86 valence electrons. The molecule has 1 aromatic carbocycles. The second-order valence-electron chi connectivity index (χ2n) is 5.24. The molecule has 0 amide bonds. The van der Waals surface area contributed by atoms with Crippen molar-refractivity contribution in [3.8, 4) is 0 Å². The molecular formula is C14H19NO. The van der Waals surface area contributed by atoms with Gasteiger partial charge >= 0.3 is 0 Å². The quantitative estimate of drug-likeness (QED) is 0.697. The van der Waals surface area contributed by atoms with Gasteiger partial charge in [0.15, 0.2) is 0 Å². The summed E-state index contributed by atoms with van der Waals surface area (Å²) in [6.45, 7) is 2.15. The molecule has 0 saturated carbocycles. The van der Waals surface area contributed by atoms with Gasteiger partial charge in [-0.1, -0.05) is 24.3 Å². The van der Waals surface area contributed by atoms with Crippen molar-refractivity contribution in [1.29, 1.82) is 0 Å². The van der Waals surface area contributed by atoms with Crippen LogP contribution >= 0.6 is 0 Å². The van der Waals surface area contributed by atoms with Crippen molar-refractivity contribution >= 4 is 0 Å². The van der Waals surface area contributed by atoms with Crippen molar-refractivity contribution in [3.05, 3.63) is 35.4 Å². The van der Waals surface area contributed by atoms with Crippen LogP contribution in [0.15, 0.2) is 24.3 Å². The zero-order valence-corrected chi connectivity index (χ0v) is 9.58. The maximum atomic E-state index is 10.6. The van der Waals surface area contributed by atoms with E-state index in [-0.39, 0.29) is 11.5 Å². The summed E-state index contributed by atoms with van der Waals surface area (Å²) in [6, 6.07) is 8.38. The first-order chi connectivity index (χ1) is 7.82. The number of nitrogens with one attached hydrogen (secondary N) is 1. The van der Waals surface area contributed by atoms with Gasteiger partial charge in [0.1, 0.15) is 0 Å². The molecule has 2 nitrogen and oxygen atoms in total. The van der Waals surface area contributed by atoms with Crippen molar-refractivity contribution in [3.63, 3.8) is 0 Å². The average molecular weight is 217 g/mol. The molecule has 2 atom stereocenters. The number of rotatable bonds is 0. The van der Waals surface area contributed by atoms with Crippen LogP contribution < -0.4 is 5.32 Å². The molecule has 1 fully saturated rings. The normalized spacial score (nSPS) is 33.7. The molecule has 2 N–H and O–H groups in total. The van der Waals surface area contributed by atoms with Gasteiger partial charge in [-0.15, -0.1) is 0 Å². The van der Waals surface area contributed by atoms with Crippen molar-refractivity contribution in [2.45, 2.75) is 31.8 Å². The number of aliphatic hydroxyl groups excluding tert-OH is 1. The molecule has 1 spiro atoms. The molecule has 0 radical (unpaired) electrons. The largest absolute Gasteiger partial charge is 0.388 e. The Morgan fingerprint density at radius 3 is 2.94 bits per heavy atom. The van der Waals surface area contributed by atoms with Gasteiger partial charge in [0.2, 0.25) is 0 Å². The molecular weight excluding hydrogens is 198 g/mol. The van der Waals surface area contributed by atoms with E-state index in [0.717, 1.165) is 32.4 Å². The van der Waals surface area contributed by atoms with E-state index in [0.29, 0.717) is 0 Å². The standard InChI is InChI=1S/C14H19NO/c16-13-12-5-2-1-4-11(12)10-14(13)6-3-8-15-9-7-14/h1-2,4-5,13,15-16H,3,6-10H2. The monoisotopic (exact) mass is 217 g/mol. The third kappa shape index (κ3) is 1.48. The Labute approximate surface area is 96.7 Å². The van der Waals surface area contributed by atoms with Gasteiger partial charge in [-0.3, -0.25) is 0 Å². The predicted octanol–water partition coefficient (Wildman–Crippen LogP) is 2.04. The Balaban J connectivity index is 1.95. The second kappa shape index (κ2) is 3.86. The van der Waals surface area contributed by atoms with E-state index in [4.69, 9.17) is 0 Å². The summed E-state index contributed by atoms with van der Waals surface area (Å²) < 4.78 is 0. The third-order valence-corrected chi connectivity index (χ3v) is 4.30. The zero-order chi connectivity index (χ0) is 11.0. The molecule has 1 aliphatic heterocycles. The number of aliphatic hydroxyl groups is 1. The Bertz CT molecular complexity index is 380. The van der Waals surface area contributed by atoms with Gasteiger partial charge in [-0.2, -0.15) is 0 Å². The molecule has 0 bridgehead atoms. The molecule has 3 rings (SSSR count). The lowest BCUT2D eigenvalue weighted by Crippen LogP contribution is -2.27. The summed E-state index contributed by atoms with van der Waals surface area (Å²) >= 11 is 0. The van der Waals surface area contributed by atoms with Gasteiger partial charge in [-0.25, -0.2) is 0 Å². The SMILES string of the molecule is OC1c2ccccc2CC12CCCNCC2. The van der Waals surface area contributed by atoms with E-state index in [9.17, 15) is 5.11 Å². The van der Waals surface area contributed by atoms with Crippen molar-refractivity contribution in [1.82, 2.24) is 5.32 Å². The molecule has 1 aromatic rings. The fourth-order valence-electron chi connectivity index (χ4n) is 3.37. The second-order valence-corrected chi connectivity index (χ2v) is 5.24. The van der Waals surface area contributed by atoms with Crippen LogP contribution in [-0.4, -0.2) is 18.2 Å². The van der Waals surface area contributed by atoms with E-state index in [1.165, 1.54) is 17.5 Å². The fourth-order valence-corrected chi connectivity index (χ4v) is 3.37. The third-order valence-electron chi connectivity index (χ3n) is 4.30. The lowest BCUT2D eigenvalue weighted by molar-refractivity contribution is 0.0290. The first-order valence-electron chi connectivity index (χ1n) is 6.28. The predicted molar refractivity (Wildman–Crippen MR) is 64.3 cm³/mol. The van der Waals surface area contributed by atoms with Crippen LogP contribution in [0.3, 0.4) is 0 Å². The minimum absolute atomic E-state index is 0.118. The fraction of sp³-hybridized carbons (Fsp3) is 0.571. The number of benzene rings is 1. The Kier molecular flexibility index (Phi) is 2.49. The van der Waals surface area contributed by atoms with Crippen molar-refractivity contribution in [2.75, 3.05) is 13.1 Å². The highest BCUT2D eigenvalue weighted by molar-refractivity contribution is 5.37. The summed E-state index contributed by atoms with van der Waals surface area (Å²) in [5.41, 5.74) is 2.65. The van der Waals surface area contributed by atoms with Crippen LogP contribution in [0, 0.1) is 5.41 Å². The Morgan fingerprint density at radius 2 is 2.06 bits per heavy atom. The smallest absolute Gasteiger partial charge is 0.0852 e. The van der Waals surface area contributed by atoms with E-state index < -0.39 is 0 Å². The molecule has 2 aliphatic rings. The van der Waals surface area contributed by atoms with Gasteiger partial charge in [-0.05, 0) is 49.9 Å². The van der Waals surface area contributed by atoms with Crippen LogP contribution in [0.5, 0.6) is 0 Å². The number of fused-ring (bicyclic) bond motifs is 1. The summed E-state index contributed by atoms with van der Waals surface area (Å²) in [5.74, 6) is 0. The highest BCUT2D eigenvalue weighted by Gasteiger charge is 2.44. The minimum atomic E-state index is -0.247. The van der Waals surface area contributed by atoms with E-state index in [1.807, 2.05) is 6.07 Å². The summed E-state index contributed by atoms with van der Waals surface area (Å²) in [7, 11) is 0. The van der Waals surface area contributed by atoms with Gasteiger partial charge in [0.25, 0.3) is 0 Å². The average Bonchev–Trinajstić information content (AvgIpc) is 2.49. The topological polar surface area (TPSA) is 32.3 Å². The first kappa shape index (κ1) is 10.3. The molecule has 1 heterocycles. The maximum absolute atomic E-state index is 10.6. The Hall–Kier alpha value is -0.860.